The van der Waals surface area contributed by atoms with Crippen LogP contribution in [0.3, 0.4) is 0 Å². The molecular formula is C7H12BFO2. The van der Waals surface area contributed by atoms with E-state index in [1.807, 2.05) is 0 Å². The van der Waals surface area contributed by atoms with Crippen molar-refractivity contribution in [1.82, 2.24) is 0 Å². The molecule has 4 atom stereocenters. The SMILES string of the molecule is B[C@@H]1C=C[C@H](CO)[C@@H](O)[C@H]1F. The number of rotatable bonds is 1. The van der Waals surface area contributed by atoms with Crippen molar-refractivity contribution < 1.29 is 14.6 Å². The van der Waals surface area contributed by atoms with Crippen LogP contribution in [0.2, 0.25) is 5.82 Å². The Balaban J connectivity index is 2.68. The van der Waals surface area contributed by atoms with Gasteiger partial charge in [-0.2, -0.15) is 0 Å². The van der Waals surface area contributed by atoms with Crippen LogP contribution in [0.1, 0.15) is 0 Å². The smallest absolute Gasteiger partial charge is 0.126 e. The van der Waals surface area contributed by atoms with Crippen LogP contribution in [0.25, 0.3) is 0 Å². The van der Waals surface area contributed by atoms with Crippen LogP contribution >= 0.6 is 0 Å². The van der Waals surface area contributed by atoms with Gasteiger partial charge >= 0.3 is 0 Å². The van der Waals surface area contributed by atoms with Gasteiger partial charge in [-0.25, -0.2) is 4.39 Å². The Hall–Kier alpha value is -0.345. The van der Waals surface area contributed by atoms with Crippen LogP contribution in [0.5, 0.6) is 0 Å². The van der Waals surface area contributed by atoms with Gasteiger partial charge < -0.3 is 10.2 Å². The number of hydrogen-bond donors (Lipinski definition) is 2. The molecule has 11 heavy (non-hydrogen) atoms. The normalized spacial score (nSPS) is 44.3. The molecule has 1 aliphatic carbocycles. The summed E-state index contributed by atoms with van der Waals surface area (Å²) >= 11 is 0. The Labute approximate surface area is 66.1 Å². The summed E-state index contributed by atoms with van der Waals surface area (Å²) in [6.07, 6.45) is 1.08. The quantitative estimate of drug-likeness (QED) is 0.390. The first kappa shape index (κ1) is 8.75. The molecule has 0 saturated carbocycles. The Morgan fingerprint density at radius 3 is 2.64 bits per heavy atom. The van der Waals surface area contributed by atoms with Crippen molar-refractivity contribution in [3.05, 3.63) is 12.2 Å². The van der Waals surface area contributed by atoms with E-state index in [4.69, 9.17) is 5.11 Å². The molecule has 0 radical (unpaired) electrons. The molecule has 2 nitrogen and oxygen atoms in total. The summed E-state index contributed by atoms with van der Waals surface area (Å²) in [6, 6.07) is 0. The zero-order chi connectivity index (χ0) is 8.43. The topological polar surface area (TPSA) is 40.5 Å². The second-order valence-electron chi connectivity index (χ2n) is 3.03. The molecule has 0 aromatic rings. The second-order valence-corrected chi connectivity index (χ2v) is 3.03. The highest BCUT2D eigenvalue weighted by molar-refractivity contribution is 6.13. The molecule has 1 rings (SSSR count). The van der Waals surface area contributed by atoms with Gasteiger partial charge in [-0.1, -0.05) is 12.2 Å². The molecule has 0 aromatic heterocycles. The average molecular weight is 158 g/mol. The van der Waals surface area contributed by atoms with Crippen LogP contribution in [0.15, 0.2) is 12.2 Å². The molecule has 0 aliphatic heterocycles. The maximum absolute atomic E-state index is 13.0. The van der Waals surface area contributed by atoms with Crippen LogP contribution in [-0.4, -0.2) is 36.9 Å². The lowest BCUT2D eigenvalue weighted by Gasteiger charge is -2.28. The van der Waals surface area contributed by atoms with E-state index >= 15 is 0 Å². The molecule has 0 heterocycles. The molecule has 0 spiro atoms. The third-order valence-corrected chi connectivity index (χ3v) is 2.14. The van der Waals surface area contributed by atoms with Gasteiger partial charge in [0, 0.05) is 5.92 Å². The Morgan fingerprint density at radius 2 is 2.09 bits per heavy atom. The van der Waals surface area contributed by atoms with Crippen molar-refractivity contribution in [2.45, 2.75) is 18.1 Å². The van der Waals surface area contributed by atoms with Gasteiger partial charge in [-0.3, -0.25) is 0 Å². The van der Waals surface area contributed by atoms with E-state index in [0.29, 0.717) is 0 Å². The summed E-state index contributed by atoms with van der Waals surface area (Å²) in [5.41, 5.74) is 0. The molecule has 0 fully saturated rings. The minimum atomic E-state index is -1.24. The summed E-state index contributed by atoms with van der Waals surface area (Å²) in [5, 5.41) is 17.9. The maximum atomic E-state index is 13.0. The Kier molecular flexibility index (Phi) is 2.68. The highest BCUT2D eigenvalue weighted by Crippen LogP contribution is 2.27. The largest absolute Gasteiger partial charge is 0.396 e. The fourth-order valence-corrected chi connectivity index (χ4v) is 1.25. The first-order valence-electron chi connectivity index (χ1n) is 3.78. The fraction of sp³-hybridized carbons (Fsp3) is 0.714. The lowest BCUT2D eigenvalue weighted by atomic mass is 9.74. The van der Waals surface area contributed by atoms with Gasteiger partial charge in [-0.15, -0.1) is 0 Å². The summed E-state index contributed by atoms with van der Waals surface area (Å²) in [5.74, 6) is -0.672. The van der Waals surface area contributed by atoms with Gasteiger partial charge in [0.25, 0.3) is 0 Å². The van der Waals surface area contributed by atoms with E-state index in [2.05, 4.69) is 0 Å². The zero-order valence-electron chi connectivity index (χ0n) is 6.44. The lowest BCUT2D eigenvalue weighted by Crippen LogP contribution is -2.37. The molecule has 1 aliphatic rings. The summed E-state index contributed by atoms with van der Waals surface area (Å²) in [6.45, 7) is -0.190. The third kappa shape index (κ3) is 1.63. The predicted octanol–water partition coefficient (Wildman–Crippen LogP) is -0.715. The van der Waals surface area contributed by atoms with Crippen LogP contribution < -0.4 is 0 Å². The highest BCUT2D eigenvalue weighted by atomic mass is 19.1. The van der Waals surface area contributed by atoms with Crippen molar-refractivity contribution >= 4 is 7.85 Å². The highest BCUT2D eigenvalue weighted by Gasteiger charge is 2.32. The number of allylic oxidation sites excluding steroid dienone is 1. The zero-order valence-corrected chi connectivity index (χ0v) is 6.44. The molecule has 0 unspecified atom stereocenters. The van der Waals surface area contributed by atoms with E-state index in [-0.39, 0.29) is 12.4 Å². The lowest BCUT2D eigenvalue weighted by molar-refractivity contribution is 0.0201. The van der Waals surface area contributed by atoms with Crippen molar-refractivity contribution in [2.75, 3.05) is 6.61 Å². The molecule has 0 aromatic carbocycles. The number of alkyl halides is 1. The molecule has 2 N–H and O–H groups in total. The van der Waals surface area contributed by atoms with Crippen molar-refractivity contribution in [3.63, 3.8) is 0 Å². The molecule has 0 amide bonds. The van der Waals surface area contributed by atoms with E-state index in [1.54, 1.807) is 20.0 Å². The average Bonchev–Trinajstić information content (AvgIpc) is 2.01. The van der Waals surface area contributed by atoms with Gasteiger partial charge in [0.15, 0.2) is 0 Å². The molecule has 62 valence electrons. The fourth-order valence-electron chi connectivity index (χ4n) is 1.25. The number of aliphatic hydroxyl groups excluding tert-OH is 2. The predicted molar refractivity (Wildman–Crippen MR) is 42.9 cm³/mol. The minimum Gasteiger partial charge on any atom is -0.396 e. The molecular weight excluding hydrogens is 146 g/mol. The van der Waals surface area contributed by atoms with E-state index in [1.165, 1.54) is 0 Å². The van der Waals surface area contributed by atoms with Gasteiger partial charge in [0.2, 0.25) is 0 Å². The summed E-state index contributed by atoms with van der Waals surface area (Å²) < 4.78 is 13.0. The first-order chi connectivity index (χ1) is 5.16. The molecule has 0 bridgehead atoms. The molecule has 0 saturated heterocycles. The van der Waals surface area contributed by atoms with Crippen molar-refractivity contribution in [1.29, 1.82) is 0 Å². The van der Waals surface area contributed by atoms with E-state index in [9.17, 15) is 9.50 Å². The van der Waals surface area contributed by atoms with E-state index < -0.39 is 18.2 Å². The standard InChI is InChI=1S/C7H12BFO2/c8-5-2-1-4(3-10)7(11)6(5)9/h1-2,4-7,10-11H,3,8H2/t4-,5-,6+,7-/m1/s1. The number of halogens is 1. The monoisotopic (exact) mass is 158 g/mol. The van der Waals surface area contributed by atoms with Crippen molar-refractivity contribution in [3.8, 4) is 0 Å². The minimum absolute atomic E-state index is 0.190. The maximum Gasteiger partial charge on any atom is 0.126 e. The van der Waals surface area contributed by atoms with Gasteiger partial charge in [0.1, 0.15) is 14.0 Å². The Bertz CT molecular complexity index is 163. The molecule has 4 heteroatoms. The first-order valence-corrected chi connectivity index (χ1v) is 3.78. The third-order valence-electron chi connectivity index (χ3n) is 2.14. The number of hydrogen-bond acceptors (Lipinski definition) is 2. The van der Waals surface area contributed by atoms with Crippen LogP contribution in [0.4, 0.5) is 4.39 Å². The van der Waals surface area contributed by atoms with E-state index in [0.717, 1.165) is 0 Å². The summed E-state index contributed by atoms with van der Waals surface area (Å²) in [7, 11) is 1.71. The van der Waals surface area contributed by atoms with Gasteiger partial charge in [0.05, 0.1) is 12.7 Å². The summed E-state index contributed by atoms with van der Waals surface area (Å²) in [4.78, 5) is 0. The van der Waals surface area contributed by atoms with Gasteiger partial charge in [-0.05, 0) is 5.82 Å². The second kappa shape index (κ2) is 3.37. The van der Waals surface area contributed by atoms with Crippen LogP contribution in [0, 0.1) is 5.92 Å². The van der Waals surface area contributed by atoms with Crippen molar-refractivity contribution in [2.24, 2.45) is 5.92 Å². The Morgan fingerprint density at radius 1 is 1.45 bits per heavy atom. The number of aliphatic hydroxyl groups is 2. The van der Waals surface area contributed by atoms with Crippen LogP contribution in [-0.2, 0) is 0 Å².